The van der Waals surface area contributed by atoms with Crippen molar-refractivity contribution in [1.29, 1.82) is 0 Å². The molecule has 0 atom stereocenters. The third-order valence-corrected chi connectivity index (χ3v) is 6.08. The summed E-state index contributed by atoms with van der Waals surface area (Å²) in [6.07, 6.45) is 0. The molecule has 0 radical (unpaired) electrons. The predicted molar refractivity (Wildman–Crippen MR) is 128 cm³/mol. The van der Waals surface area contributed by atoms with Crippen molar-refractivity contribution in [3.8, 4) is 16.9 Å². The van der Waals surface area contributed by atoms with Crippen molar-refractivity contribution in [2.24, 2.45) is 0 Å². The van der Waals surface area contributed by atoms with Crippen molar-refractivity contribution in [2.75, 3.05) is 19.0 Å². The molecule has 33 heavy (non-hydrogen) atoms. The number of amides is 1. The van der Waals surface area contributed by atoms with E-state index in [9.17, 15) is 14.4 Å². The van der Waals surface area contributed by atoms with Crippen molar-refractivity contribution in [3.05, 3.63) is 80.5 Å². The Balaban J connectivity index is 1.76. The van der Waals surface area contributed by atoms with Gasteiger partial charge >= 0.3 is 11.6 Å². The Morgan fingerprint density at radius 1 is 1.12 bits per heavy atom. The van der Waals surface area contributed by atoms with Gasteiger partial charge in [-0.25, -0.2) is 9.59 Å². The van der Waals surface area contributed by atoms with Crippen molar-refractivity contribution >= 4 is 50.8 Å². The number of anilines is 1. The lowest BCUT2D eigenvalue weighted by atomic mass is 10.0. The minimum atomic E-state index is -0.829. The van der Waals surface area contributed by atoms with Gasteiger partial charge in [0.2, 0.25) is 0 Å². The topological polar surface area (TPSA) is 94.8 Å². The number of hydrogen-bond acceptors (Lipinski definition) is 7. The maximum Gasteiger partial charge on any atom is 0.349 e. The van der Waals surface area contributed by atoms with Gasteiger partial charge in [0, 0.05) is 26.9 Å². The molecular formula is C24H18ClNO6S. The van der Waals surface area contributed by atoms with Crippen molar-refractivity contribution < 1.29 is 23.5 Å². The Morgan fingerprint density at radius 2 is 1.91 bits per heavy atom. The lowest BCUT2D eigenvalue weighted by Gasteiger charge is -2.10. The summed E-state index contributed by atoms with van der Waals surface area (Å²) >= 11 is 7.45. The van der Waals surface area contributed by atoms with E-state index in [4.69, 9.17) is 25.5 Å². The lowest BCUT2D eigenvalue weighted by Crippen LogP contribution is -2.21. The third-order valence-electron chi connectivity index (χ3n) is 4.85. The number of thiophene rings is 1. The summed E-state index contributed by atoms with van der Waals surface area (Å²) < 4.78 is 15.7. The van der Waals surface area contributed by atoms with Gasteiger partial charge in [0.05, 0.1) is 13.7 Å². The normalized spacial score (nSPS) is 10.8. The van der Waals surface area contributed by atoms with Gasteiger partial charge in [0.15, 0.2) is 11.3 Å². The summed E-state index contributed by atoms with van der Waals surface area (Å²) in [5.74, 6) is -0.949. The van der Waals surface area contributed by atoms with E-state index >= 15 is 0 Å². The SMILES string of the molecule is CCOC(=O)c1c(-c2ccccc2Cl)csc1NC(=O)c1cc2cccc(OC)c2oc1=O. The molecule has 4 aromatic rings. The van der Waals surface area contributed by atoms with Gasteiger partial charge in [-0.3, -0.25) is 4.79 Å². The van der Waals surface area contributed by atoms with Gasteiger partial charge in [-0.05, 0) is 25.1 Å². The minimum Gasteiger partial charge on any atom is -0.493 e. The highest BCUT2D eigenvalue weighted by atomic mass is 35.5. The van der Waals surface area contributed by atoms with Gasteiger partial charge in [0.1, 0.15) is 16.1 Å². The zero-order valence-electron chi connectivity index (χ0n) is 17.6. The molecule has 2 aromatic carbocycles. The van der Waals surface area contributed by atoms with Gasteiger partial charge in [0.25, 0.3) is 5.91 Å². The molecular weight excluding hydrogens is 466 g/mol. The summed E-state index contributed by atoms with van der Waals surface area (Å²) in [6, 6.07) is 13.5. The molecule has 4 rings (SSSR count). The largest absolute Gasteiger partial charge is 0.493 e. The van der Waals surface area contributed by atoms with Crippen molar-refractivity contribution in [1.82, 2.24) is 0 Å². The number of carbonyl (C=O) groups is 2. The summed E-state index contributed by atoms with van der Waals surface area (Å²) in [5, 5.41) is 5.56. The van der Waals surface area contributed by atoms with Crippen molar-refractivity contribution in [3.63, 3.8) is 0 Å². The van der Waals surface area contributed by atoms with Gasteiger partial charge in [-0.2, -0.15) is 0 Å². The molecule has 0 fully saturated rings. The van der Waals surface area contributed by atoms with Gasteiger partial charge < -0.3 is 19.2 Å². The van der Waals surface area contributed by atoms with E-state index < -0.39 is 17.5 Å². The number of carbonyl (C=O) groups excluding carboxylic acids is 2. The molecule has 2 heterocycles. The Kier molecular flexibility index (Phi) is 6.48. The number of halogens is 1. The molecule has 2 aromatic heterocycles. The molecule has 0 aliphatic heterocycles. The third kappa shape index (κ3) is 4.35. The maximum atomic E-state index is 13.0. The minimum absolute atomic E-state index is 0.153. The highest BCUT2D eigenvalue weighted by molar-refractivity contribution is 7.15. The first-order chi connectivity index (χ1) is 15.9. The highest BCUT2D eigenvalue weighted by Gasteiger charge is 2.25. The number of hydrogen-bond donors (Lipinski definition) is 1. The second-order valence-corrected chi connectivity index (χ2v) is 8.12. The van der Waals surface area contributed by atoms with E-state index in [0.717, 1.165) is 11.3 Å². The molecule has 0 spiro atoms. The molecule has 1 amide bonds. The number of methoxy groups -OCH3 is 1. The standard InChI is InChI=1S/C24H18ClNO6S/c1-3-31-24(29)19-16(14-8-4-5-9-17(14)25)12-33-22(19)26-21(27)15-11-13-7-6-10-18(30-2)20(13)32-23(15)28/h4-12H,3H2,1-2H3,(H,26,27). The summed E-state index contributed by atoms with van der Waals surface area (Å²) in [6.45, 7) is 1.84. The van der Waals surface area contributed by atoms with Crippen LogP contribution in [0.1, 0.15) is 27.6 Å². The van der Waals surface area contributed by atoms with Crippen LogP contribution < -0.4 is 15.7 Å². The smallest absolute Gasteiger partial charge is 0.349 e. The molecule has 0 saturated carbocycles. The fourth-order valence-electron chi connectivity index (χ4n) is 3.34. The van der Waals surface area contributed by atoms with Crippen LogP contribution in [0.2, 0.25) is 5.02 Å². The van der Waals surface area contributed by atoms with E-state index in [2.05, 4.69) is 5.32 Å². The van der Waals surface area contributed by atoms with Crippen LogP contribution in [0.4, 0.5) is 5.00 Å². The number of para-hydroxylation sites is 1. The Labute approximate surface area is 197 Å². The first-order valence-electron chi connectivity index (χ1n) is 9.90. The first kappa shape index (κ1) is 22.6. The monoisotopic (exact) mass is 483 g/mol. The van der Waals surface area contributed by atoms with Crippen LogP contribution >= 0.6 is 22.9 Å². The molecule has 168 valence electrons. The summed E-state index contributed by atoms with van der Waals surface area (Å²) in [5.41, 5.74) is 0.510. The first-order valence-corrected chi connectivity index (χ1v) is 11.2. The fourth-order valence-corrected chi connectivity index (χ4v) is 4.52. The summed E-state index contributed by atoms with van der Waals surface area (Å²) in [7, 11) is 1.46. The maximum absolute atomic E-state index is 13.0. The van der Waals surface area contributed by atoms with Crippen LogP contribution in [0.15, 0.2) is 63.1 Å². The van der Waals surface area contributed by atoms with Crippen LogP contribution in [-0.2, 0) is 4.74 Å². The van der Waals surface area contributed by atoms with Crippen LogP contribution in [0.3, 0.4) is 0 Å². The number of fused-ring (bicyclic) bond motifs is 1. The van der Waals surface area contributed by atoms with E-state index in [1.165, 1.54) is 13.2 Å². The van der Waals surface area contributed by atoms with Gasteiger partial charge in [-0.1, -0.05) is 41.9 Å². The summed E-state index contributed by atoms with van der Waals surface area (Å²) in [4.78, 5) is 38.3. The molecule has 0 bridgehead atoms. The quantitative estimate of drug-likeness (QED) is 0.283. The second kappa shape index (κ2) is 9.48. The Bertz CT molecular complexity index is 1420. The number of ether oxygens (including phenoxy) is 2. The fraction of sp³-hybridized carbons (Fsp3) is 0.125. The van der Waals surface area contributed by atoms with Gasteiger partial charge in [-0.15, -0.1) is 11.3 Å². The number of esters is 1. The number of rotatable bonds is 6. The predicted octanol–water partition coefficient (Wildman–Crippen LogP) is 5.61. The molecule has 9 heteroatoms. The van der Waals surface area contributed by atoms with Crippen LogP contribution in [0.25, 0.3) is 22.1 Å². The highest BCUT2D eigenvalue weighted by Crippen LogP contribution is 2.39. The second-order valence-electron chi connectivity index (χ2n) is 6.83. The zero-order chi connectivity index (χ0) is 23.5. The Hall–Kier alpha value is -3.62. The lowest BCUT2D eigenvalue weighted by molar-refractivity contribution is 0.0529. The van der Waals surface area contributed by atoms with E-state index in [1.807, 2.05) is 0 Å². The average Bonchev–Trinajstić information content (AvgIpc) is 3.21. The molecule has 0 unspecified atom stereocenters. The molecule has 0 aliphatic rings. The number of benzene rings is 2. The molecule has 1 N–H and O–H groups in total. The zero-order valence-corrected chi connectivity index (χ0v) is 19.2. The van der Waals surface area contributed by atoms with Crippen LogP contribution in [-0.4, -0.2) is 25.6 Å². The number of nitrogens with one attached hydrogen (secondary N) is 1. The molecule has 0 saturated heterocycles. The van der Waals surface area contributed by atoms with Crippen LogP contribution in [0, 0.1) is 0 Å². The van der Waals surface area contributed by atoms with Crippen molar-refractivity contribution in [2.45, 2.75) is 6.92 Å². The molecule has 7 nitrogen and oxygen atoms in total. The Morgan fingerprint density at radius 3 is 2.64 bits per heavy atom. The van der Waals surface area contributed by atoms with E-state index in [1.54, 1.807) is 54.8 Å². The molecule has 0 aliphatic carbocycles. The van der Waals surface area contributed by atoms with E-state index in [0.29, 0.717) is 27.3 Å². The van der Waals surface area contributed by atoms with Crippen LogP contribution in [0.5, 0.6) is 5.75 Å². The average molecular weight is 484 g/mol. The van der Waals surface area contributed by atoms with E-state index in [-0.39, 0.29) is 28.3 Å².